The molecular formula is C7H17N3O2S. The van der Waals surface area contributed by atoms with Crippen LogP contribution in [0.4, 0.5) is 0 Å². The summed E-state index contributed by atoms with van der Waals surface area (Å²) >= 11 is 0. The minimum Gasteiger partial charge on any atom is -0.329 e. The van der Waals surface area contributed by atoms with Gasteiger partial charge in [-0.25, -0.2) is 12.7 Å². The van der Waals surface area contributed by atoms with Gasteiger partial charge in [0.25, 0.3) is 0 Å². The SMILES string of the molecule is CS(=O)(=O)N1CC(CNCCN)C1. The molecule has 1 saturated heterocycles. The Morgan fingerprint density at radius 2 is 2.15 bits per heavy atom. The zero-order valence-corrected chi connectivity index (χ0v) is 8.68. The first-order valence-corrected chi connectivity index (χ1v) is 6.25. The monoisotopic (exact) mass is 207 g/mol. The average Bonchev–Trinajstić information content (AvgIpc) is 1.91. The zero-order valence-electron chi connectivity index (χ0n) is 7.86. The van der Waals surface area contributed by atoms with Gasteiger partial charge in [0, 0.05) is 32.7 Å². The van der Waals surface area contributed by atoms with E-state index in [1.165, 1.54) is 10.6 Å². The quantitative estimate of drug-likeness (QED) is 0.534. The summed E-state index contributed by atoms with van der Waals surface area (Å²) in [6, 6.07) is 0. The Morgan fingerprint density at radius 1 is 1.54 bits per heavy atom. The molecule has 0 spiro atoms. The Labute approximate surface area is 79.3 Å². The molecule has 0 bridgehead atoms. The maximum atomic E-state index is 11.0. The molecule has 6 heteroatoms. The van der Waals surface area contributed by atoms with Crippen molar-refractivity contribution in [3.8, 4) is 0 Å². The topological polar surface area (TPSA) is 75.4 Å². The lowest BCUT2D eigenvalue weighted by Gasteiger charge is -2.37. The summed E-state index contributed by atoms with van der Waals surface area (Å²) < 4.78 is 23.4. The van der Waals surface area contributed by atoms with Crippen LogP contribution < -0.4 is 11.1 Å². The molecule has 0 radical (unpaired) electrons. The predicted molar refractivity (Wildman–Crippen MR) is 51.8 cm³/mol. The molecular weight excluding hydrogens is 190 g/mol. The summed E-state index contributed by atoms with van der Waals surface area (Å²) in [7, 11) is -2.95. The molecule has 1 fully saturated rings. The normalized spacial score (nSPS) is 20.2. The number of nitrogens with one attached hydrogen (secondary N) is 1. The second-order valence-electron chi connectivity index (χ2n) is 3.44. The molecule has 1 heterocycles. The Balaban J connectivity index is 2.12. The van der Waals surface area contributed by atoms with E-state index in [1.807, 2.05) is 0 Å². The van der Waals surface area contributed by atoms with Crippen LogP contribution in [0.3, 0.4) is 0 Å². The van der Waals surface area contributed by atoms with Crippen molar-refractivity contribution in [1.29, 1.82) is 0 Å². The fourth-order valence-corrected chi connectivity index (χ4v) is 2.29. The van der Waals surface area contributed by atoms with E-state index in [0.29, 0.717) is 25.6 Å². The summed E-state index contributed by atoms with van der Waals surface area (Å²) in [6.45, 7) is 3.59. The summed E-state index contributed by atoms with van der Waals surface area (Å²) in [5.41, 5.74) is 5.30. The van der Waals surface area contributed by atoms with Crippen molar-refractivity contribution in [3.05, 3.63) is 0 Å². The summed E-state index contributed by atoms with van der Waals surface area (Å²) in [5.74, 6) is 0.460. The lowest BCUT2D eigenvalue weighted by molar-refractivity contribution is 0.198. The van der Waals surface area contributed by atoms with Crippen LogP contribution in [-0.4, -0.2) is 51.7 Å². The van der Waals surface area contributed by atoms with Crippen molar-refractivity contribution in [2.45, 2.75) is 0 Å². The van der Waals surface area contributed by atoms with E-state index in [-0.39, 0.29) is 0 Å². The van der Waals surface area contributed by atoms with Gasteiger partial charge in [0.05, 0.1) is 6.26 Å². The highest BCUT2D eigenvalue weighted by Crippen LogP contribution is 2.17. The van der Waals surface area contributed by atoms with Gasteiger partial charge in [-0.05, 0) is 5.92 Å². The number of sulfonamides is 1. The highest BCUT2D eigenvalue weighted by Gasteiger charge is 2.32. The minimum atomic E-state index is -2.95. The van der Waals surface area contributed by atoms with Crippen LogP contribution in [0.1, 0.15) is 0 Å². The largest absolute Gasteiger partial charge is 0.329 e. The van der Waals surface area contributed by atoms with E-state index in [2.05, 4.69) is 5.32 Å². The van der Waals surface area contributed by atoms with Crippen LogP contribution in [0.2, 0.25) is 0 Å². The second-order valence-corrected chi connectivity index (χ2v) is 5.42. The standard InChI is InChI=1S/C7H17N3O2S/c1-13(11,12)10-5-7(6-10)4-9-3-2-8/h7,9H,2-6,8H2,1H3. The van der Waals surface area contributed by atoms with Crippen LogP contribution in [0.5, 0.6) is 0 Å². The van der Waals surface area contributed by atoms with Crippen molar-refractivity contribution in [1.82, 2.24) is 9.62 Å². The fourth-order valence-electron chi connectivity index (χ4n) is 1.33. The van der Waals surface area contributed by atoms with Crippen molar-refractivity contribution in [2.24, 2.45) is 11.7 Å². The lowest BCUT2D eigenvalue weighted by atomic mass is 10.0. The smallest absolute Gasteiger partial charge is 0.211 e. The Bertz CT molecular complexity index is 246. The van der Waals surface area contributed by atoms with Crippen molar-refractivity contribution in [2.75, 3.05) is 39.0 Å². The van der Waals surface area contributed by atoms with Crippen LogP contribution >= 0.6 is 0 Å². The number of hydrogen-bond acceptors (Lipinski definition) is 4. The molecule has 3 N–H and O–H groups in total. The van der Waals surface area contributed by atoms with Gasteiger partial charge in [0.1, 0.15) is 0 Å². The van der Waals surface area contributed by atoms with E-state index >= 15 is 0 Å². The maximum Gasteiger partial charge on any atom is 0.211 e. The highest BCUT2D eigenvalue weighted by atomic mass is 32.2. The zero-order chi connectivity index (χ0) is 9.90. The number of rotatable bonds is 5. The molecule has 0 amide bonds. The molecule has 0 atom stereocenters. The van der Waals surface area contributed by atoms with Gasteiger partial charge in [-0.15, -0.1) is 0 Å². The third-order valence-electron chi connectivity index (χ3n) is 2.15. The number of nitrogens with two attached hydrogens (primary N) is 1. The first kappa shape index (κ1) is 10.9. The second kappa shape index (κ2) is 4.36. The van der Waals surface area contributed by atoms with Crippen LogP contribution in [0.15, 0.2) is 0 Å². The van der Waals surface area contributed by atoms with Crippen molar-refractivity contribution in [3.63, 3.8) is 0 Å². The van der Waals surface area contributed by atoms with Crippen molar-refractivity contribution >= 4 is 10.0 Å². The maximum absolute atomic E-state index is 11.0. The first-order chi connectivity index (χ1) is 6.04. The molecule has 5 nitrogen and oxygen atoms in total. The van der Waals surface area contributed by atoms with Gasteiger partial charge >= 0.3 is 0 Å². The van der Waals surface area contributed by atoms with Crippen molar-refractivity contribution < 1.29 is 8.42 Å². The molecule has 0 unspecified atom stereocenters. The van der Waals surface area contributed by atoms with E-state index in [9.17, 15) is 8.42 Å². The van der Waals surface area contributed by atoms with E-state index < -0.39 is 10.0 Å². The molecule has 0 aromatic heterocycles. The predicted octanol–water partition coefficient (Wildman–Crippen LogP) is -1.57. The number of hydrogen-bond donors (Lipinski definition) is 2. The van der Waals surface area contributed by atoms with Gasteiger partial charge in [0.2, 0.25) is 10.0 Å². The lowest BCUT2D eigenvalue weighted by Crippen LogP contribution is -2.53. The fraction of sp³-hybridized carbons (Fsp3) is 1.00. The van der Waals surface area contributed by atoms with E-state index in [0.717, 1.165) is 13.1 Å². The first-order valence-electron chi connectivity index (χ1n) is 4.40. The summed E-state index contributed by atoms with van der Waals surface area (Å²) in [6.07, 6.45) is 1.25. The third kappa shape index (κ3) is 3.22. The molecule has 1 aliphatic rings. The van der Waals surface area contributed by atoms with E-state index in [4.69, 9.17) is 5.73 Å². The molecule has 0 aromatic rings. The van der Waals surface area contributed by atoms with Crippen LogP contribution in [0, 0.1) is 5.92 Å². The Hall–Kier alpha value is -0.170. The van der Waals surface area contributed by atoms with Gasteiger partial charge < -0.3 is 11.1 Å². The summed E-state index contributed by atoms with van der Waals surface area (Å²) in [5, 5.41) is 3.16. The van der Waals surface area contributed by atoms with Gasteiger partial charge in [0.15, 0.2) is 0 Å². The van der Waals surface area contributed by atoms with E-state index in [1.54, 1.807) is 0 Å². The molecule has 0 saturated carbocycles. The molecule has 0 aromatic carbocycles. The average molecular weight is 207 g/mol. The molecule has 1 aliphatic heterocycles. The van der Waals surface area contributed by atoms with Gasteiger partial charge in [-0.1, -0.05) is 0 Å². The molecule has 0 aliphatic carbocycles. The van der Waals surface area contributed by atoms with Crippen LogP contribution in [0.25, 0.3) is 0 Å². The Morgan fingerprint density at radius 3 is 2.62 bits per heavy atom. The highest BCUT2D eigenvalue weighted by molar-refractivity contribution is 7.88. The summed E-state index contributed by atoms with van der Waals surface area (Å²) in [4.78, 5) is 0. The molecule has 78 valence electrons. The number of nitrogens with zero attached hydrogens (tertiary/aromatic N) is 1. The van der Waals surface area contributed by atoms with Gasteiger partial charge in [-0.2, -0.15) is 0 Å². The molecule has 1 rings (SSSR count). The Kier molecular flexibility index (Phi) is 3.66. The minimum absolute atomic E-state index is 0.460. The van der Waals surface area contributed by atoms with Crippen LogP contribution in [-0.2, 0) is 10.0 Å². The van der Waals surface area contributed by atoms with Gasteiger partial charge in [-0.3, -0.25) is 0 Å². The molecule has 13 heavy (non-hydrogen) atoms. The third-order valence-corrected chi connectivity index (χ3v) is 3.38.